The Morgan fingerprint density at radius 3 is 2.58 bits per heavy atom. The lowest BCUT2D eigenvalue weighted by Gasteiger charge is -2.39. The third-order valence-electron chi connectivity index (χ3n) is 4.52. The van der Waals surface area contributed by atoms with Gasteiger partial charge in [-0.3, -0.25) is 4.79 Å². The highest BCUT2D eigenvalue weighted by atomic mass is 16.6. The first-order valence-corrected chi connectivity index (χ1v) is 9.34. The maximum atomic E-state index is 11.6. The topological polar surface area (TPSA) is 70.8 Å². The highest BCUT2D eigenvalue weighted by molar-refractivity contribution is 5.71. The fourth-order valence-corrected chi connectivity index (χ4v) is 3.10. The van der Waals surface area contributed by atoms with Gasteiger partial charge in [0.25, 0.3) is 0 Å². The highest BCUT2D eigenvalue weighted by Crippen LogP contribution is 2.26. The lowest BCUT2D eigenvalue weighted by atomic mass is 9.93. The van der Waals surface area contributed by atoms with Crippen molar-refractivity contribution in [2.45, 2.75) is 77.1 Å². The summed E-state index contributed by atoms with van der Waals surface area (Å²) in [5.41, 5.74) is 5.37. The van der Waals surface area contributed by atoms with E-state index in [0.717, 1.165) is 6.42 Å². The Labute approximate surface area is 146 Å². The van der Waals surface area contributed by atoms with E-state index in [9.17, 15) is 4.79 Å². The normalized spacial score (nSPS) is 27.5. The van der Waals surface area contributed by atoms with Gasteiger partial charge in [0.2, 0.25) is 0 Å². The van der Waals surface area contributed by atoms with Gasteiger partial charge in [0.1, 0.15) is 12.2 Å². The molecule has 0 amide bonds. The molecule has 5 heteroatoms. The average Bonchev–Trinajstić information content (AvgIpc) is 2.59. The molecule has 1 rings (SSSR count). The molecule has 0 spiro atoms. The summed E-state index contributed by atoms with van der Waals surface area (Å²) in [6.45, 7) is 4.74. The molecule has 1 saturated heterocycles. The number of esters is 1. The molecule has 4 atom stereocenters. The molecule has 1 fully saturated rings. The fourth-order valence-electron chi connectivity index (χ4n) is 3.10. The number of carbonyl (C=O) groups excluding carboxylic acids is 1. The zero-order chi connectivity index (χ0) is 17.8. The molecule has 24 heavy (non-hydrogen) atoms. The van der Waals surface area contributed by atoms with Crippen molar-refractivity contribution in [2.24, 2.45) is 11.7 Å². The van der Waals surface area contributed by atoms with Crippen molar-refractivity contribution in [1.29, 1.82) is 0 Å². The number of hydrogen-bond donors (Lipinski definition) is 1. The molecule has 140 valence electrons. The first-order chi connectivity index (χ1) is 11.6. The first-order valence-electron chi connectivity index (χ1n) is 9.34. The van der Waals surface area contributed by atoms with Crippen molar-refractivity contribution >= 4 is 5.97 Å². The van der Waals surface area contributed by atoms with E-state index in [-0.39, 0.29) is 24.7 Å². The molecule has 0 aromatic rings. The van der Waals surface area contributed by atoms with E-state index in [0.29, 0.717) is 6.61 Å². The quantitative estimate of drug-likeness (QED) is 0.355. The summed E-state index contributed by atoms with van der Waals surface area (Å²) >= 11 is 0. The predicted octanol–water partition coefficient (Wildman–Crippen LogP) is 3.21. The van der Waals surface area contributed by atoms with E-state index in [4.69, 9.17) is 19.9 Å². The predicted molar refractivity (Wildman–Crippen MR) is 95.8 cm³/mol. The average molecular weight is 341 g/mol. The first kappa shape index (κ1) is 21.1. The molecule has 1 aliphatic heterocycles. The Hall–Kier alpha value is -0.910. The van der Waals surface area contributed by atoms with Crippen LogP contribution in [0.3, 0.4) is 0 Å². The van der Waals surface area contributed by atoms with Gasteiger partial charge < -0.3 is 19.9 Å². The van der Waals surface area contributed by atoms with Crippen LogP contribution in [0.15, 0.2) is 12.2 Å². The van der Waals surface area contributed by atoms with Gasteiger partial charge in [0, 0.05) is 13.0 Å². The van der Waals surface area contributed by atoms with Gasteiger partial charge >= 0.3 is 5.97 Å². The van der Waals surface area contributed by atoms with E-state index >= 15 is 0 Å². The third-order valence-corrected chi connectivity index (χ3v) is 4.52. The van der Waals surface area contributed by atoms with Crippen molar-refractivity contribution in [3.05, 3.63) is 12.2 Å². The summed E-state index contributed by atoms with van der Waals surface area (Å²) in [7, 11) is 1.65. The molecule has 0 aromatic carbocycles. The van der Waals surface area contributed by atoms with Crippen molar-refractivity contribution in [3.63, 3.8) is 0 Å². The molecular formula is C19H35NO4. The fraction of sp³-hybridized carbons (Fsp3) is 0.842. The highest BCUT2D eigenvalue weighted by Gasteiger charge is 2.40. The molecule has 0 unspecified atom stereocenters. The van der Waals surface area contributed by atoms with Crippen LogP contribution in [0.1, 0.15) is 58.8 Å². The molecule has 0 aliphatic carbocycles. The lowest BCUT2D eigenvalue weighted by Crippen LogP contribution is -2.52. The number of hydrogen-bond acceptors (Lipinski definition) is 5. The molecule has 0 aromatic heterocycles. The Kier molecular flexibility index (Phi) is 11.0. The molecule has 0 saturated carbocycles. The molecule has 1 heterocycles. The smallest absolute Gasteiger partial charge is 0.320 e. The molecule has 0 bridgehead atoms. The molecule has 2 N–H and O–H groups in total. The van der Waals surface area contributed by atoms with Crippen LogP contribution >= 0.6 is 0 Å². The molecule has 0 radical (unpaired) electrons. The van der Waals surface area contributed by atoms with Crippen molar-refractivity contribution < 1.29 is 19.0 Å². The minimum Gasteiger partial charge on any atom is -0.455 e. The standard InChI is InChI=1S/C19H35NO4/c1-4-5-6-7-8-9-10-11-12-16-19(24-17(21)13-20)18(22-3)15(2)14-23-16/h11-12,15-16,18-19H,4-10,13-14,20H2,1-3H3/t15-,16+,18+,19-/m0/s1. The number of carbonyl (C=O) groups is 1. The second-order valence-corrected chi connectivity index (χ2v) is 6.62. The lowest BCUT2D eigenvalue weighted by molar-refractivity contribution is -0.189. The van der Waals surface area contributed by atoms with Crippen molar-refractivity contribution in [2.75, 3.05) is 20.3 Å². The van der Waals surface area contributed by atoms with Crippen LogP contribution in [0, 0.1) is 5.92 Å². The number of allylic oxidation sites excluding steroid dienone is 1. The minimum atomic E-state index is -0.435. The monoisotopic (exact) mass is 341 g/mol. The second-order valence-electron chi connectivity index (χ2n) is 6.62. The summed E-state index contributed by atoms with van der Waals surface area (Å²) in [4.78, 5) is 11.6. The third kappa shape index (κ3) is 7.32. The van der Waals surface area contributed by atoms with Crippen molar-refractivity contribution in [1.82, 2.24) is 0 Å². The summed E-state index contributed by atoms with van der Waals surface area (Å²) in [6, 6.07) is 0. The van der Waals surface area contributed by atoms with Crippen LogP contribution in [0.5, 0.6) is 0 Å². The molecule has 5 nitrogen and oxygen atoms in total. The van der Waals surface area contributed by atoms with E-state index in [1.807, 2.05) is 13.0 Å². The van der Waals surface area contributed by atoms with Crippen LogP contribution < -0.4 is 5.73 Å². The number of methoxy groups -OCH3 is 1. The van der Waals surface area contributed by atoms with Gasteiger partial charge in [0.15, 0.2) is 6.10 Å². The number of ether oxygens (including phenoxy) is 3. The largest absolute Gasteiger partial charge is 0.455 e. The van der Waals surface area contributed by atoms with Gasteiger partial charge in [-0.1, -0.05) is 58.1 Å². The van der Waals surface area contributed by atoms with Crippen molar-refractivity contribution in [3.8, 4) is 0 Å². The number of nitrogens with two attached hydrogens (primary N) is 1. The Morgan fingerprint density at radius 1 is 1.21 bits per heavy atom. The zero-order valence-corrected chi connectivity index (χ0v) is 15.5. The van der Waals surface area contributed by atoms with Crippen LogP contribution in [0.2, 0.25) is 0 Å². The summed E-state index contributed by atoms with van der Waals surface area (Å²) in [5, 5.41) is 0. The Bertz CT molecular complexity index is 372. The van der Waals surface area contributed by atoms with E-state index < -0.39 is 12.1 Å². The van der Waals surface area contributed by atoms with E-state index in [1.165, 1.54) is 38.5 Å². The van der Waals surface area contributed by atoms with Gasteiger partial charge in [0.05, 0.1) is 13.2 Å². The van der Waals surface area contributed by atoms with Crippen LogP contribution in [0.4, 0.5) is 0 Å². The summed E-state index contributed by atoms with van der Waals surface area (Å²) < 4.78 is 16.9. The van der Waals surface area contributed by atoms with Crippen LogP contribution in [-0.4, -0.2) is 44.5 Å². The SMILES string of the molecule is CCCCCCCCC=C[C@H]1OC[C@H](C)[C@@H](OC)[C@H]1OC(=O)CN. The maximum absolute atomic E-state index is 11.6. The number of unbranched alkanes of at least 4 members (excludes halogenated alkanes) is 6. The summed E-state index contributed by atoms with van der Waals surface area (Å²) in [5.74, 6) is -0.247. The summed E-state index contributed by atoms with van der Waals surface area (Å²) in [6.07, 6.45) is 12.0. The molecule has 1 aliphatic rings. The van der Waals surface area contributed by atoms with Gasteiger partial charge in [-0.15, -0.1) is 0 Å². The molecular weight excluding hydrogens is 306 g/mol. The van der Waals surface area contributed by atoms with E-state index in [1.54, 1.807) is 7.11 Å². The van der Waals surface area contributed by atoms with E-state index in [2.05, 4.69) is 13.0 Å². The van der Waals surface area contributed by atoms with Gasteiger partial charge in [-0.25, -0.2) is 0 Å². The minimum absolute atomic E-state index is 0.129. The maximum Gasteiger partial charge on any atom is 0.320 e. The zero-order valence-electron chi connectivity index (χ0n) is 15.5. The van der Waals surface area contributed by atoms with Gasteiger partial charge in [-0.05, 0) is 12.8 Å². The Morgan fingerprint density at radius 2 is 1.92 bits per heavy atom. The van der Waals surface area contributed by atoms with Gasteiger partial charge in [-0.2, -0.15) is 0 Å². The second kappa shape index (κ2) is 12.5. The van der Waals surface area contributed by atoms with Crippen LogP contribution in [-0.2, 0) is 19.0 Å². The van der Waals surface area contributed by atoms with Crippen LogP contribution in [0.25, 0.3) is 0 Å². The number of rotatable bonds is 11. The Balaban J connectivity index is 2.46.